The number of nitrogens with one attached hydrogen (secondary N) is 2. The van der Waals surface area contributed by atoms with E-state index in [0.29, 0.717) is 0 Å². The summed E-state index contributed by atoms with van der Waals surface area (Å²) in [7, 11) is 0. The minimum Gasteiger partial charge on any atom is -0.480 e. The van der Waals surface area contributed by atoms with E-state index in [-0.39, 0.29) is 11.7 Å². The summed E-state index contributed by atoms with van der Waals surface area (Å²) >= 11 is 0. The van der Waals surface area contributed by atoms with Crippen molar-refractivity contribution in [3.8, 4) is 0 Å². The lowest BCUT2D eigenvalue weighted by molar-refractivity contribution is -0.141. The van der Waals surface area contributed by atoms with Gasteiger partial charge in [-0.2, -0.15) is 4.98 Å². The second kappa shape index (κ2) is 8.91. The van der Waals surface area contributed by atoms with Crippen LogP contribution in [0.5, 0.6) is 0 Å². The maximum atomic E-state index is 11.9. The Morgan fingerprint density at radius 2 is 1.96 bits per heavy atom. The number of aliphatic hydroxyl groups is 2. The lowest BCUT2D eigenvalue weighted by Crippen LogP contribution is -2.52. The Kier molecular flexibility index (Phi) is 7.22. The summed E-state index contributed by atoms with van der Waals surface area (Å²) in [6, 6.07) is -4.67. The molecule has 140 valence electrons. The summed E-state index contributed by atoms with van der Waals surface area (Å²) in [5.74, 6) is -2.52. The minimum atomic E-state index is -1.57. The average Bonchev–Trinajstić information content (AvgIpc) is 3.00. The number of carboxylic acid groups (broad SMARTS) is 1. The molecule has 0 spiro atoms. The van der Waals surface area contributed by atoms with Crippen molar-refractivity contribution < 1.29 is 34.2 Å². The van der Waals surface area contributed by atoms with Crippen molar-refractivity contribution in [1.29, 1.82) is 0 Å². The standard InChI is InChI=1S/C12H20N6O7/c1-4(20)8(11(22)23)16-12(24)15-6(2-7(14)21)10-17-9(18-25-10)5(13)3-19/h4-6,8,19-20H,2-3,13H2,1H3,(H2,14,21)(H,22,23)(H2,15,16,24)/t4?,5-,6-,8-/m1/s1. The van der Waals surface area contributed by atoms with Gasteiger partial charge in [-0.3, -0.25) is 4.79 Å². The van der Waals surface area contributed by atoms with Crippen LogP contribution in [0.3, 0.4) is 0 Å². The number of hydrogen-bond acceptors (Lipinski definition) is 9. The van der Waals surface area contributed by atoms with Crippen LogP contribution in [0.2, 0.25) is 0 Å². The van der Waals surface area contributed by atoms with Crippen LogP contribution in [0.1, 0.15) is 37.1 Å². The summed E-state index contributed by atoms with van der Waals surface area (Å²) in [5.41, 5.74) is 10.6. The number of carboxylic acids is 1. The highest BCUT2D eigenvalue weighted by Crippen LogP contribution is 2.16. The molecule has 0 aliphatic heterocycles. The highest BCUT2D eigenvalue weighted by molar-refractivity contribution is 5.83. The minimum absolute atomic E-state index is 0.0541. The number of rotatable bonds is 9. The van der Waals surface area contributed by atoms with Crippen molar-refractivity contribution in [1.82, 2.24) is 20.8 Å². The van der Waals surface area contributed by atoms with Crippen LogP contribution in [-0.2, 0) is 9.59 Å². The number of carbonyl (C=O) groups excluding carboxylic acids is 2. The number of aliphatic hydroxyl groups excluding tert-OH is 2. The van der Waals surface area contributed by atoms with E-state index < -0.39 is 55.2 Å². The van der Waals surface area contributed by atoms with E-state index in [1.807, 2.05) is 5.32 Å². The third kappa shape index (κ3) is 5.98. The smallest absolute Gasteiger partial charge is 0.328 e. The van der Waals surface area contributed by atoms with Crippen LogP contribution in [0.4, 0.5) is 4.79 Å². The van der Waals surface area contributed by atoms with Gasteiger partial charge in [0.15, 0.2) is 11.9 Å². The van der Waals surface area contributed by atoms with E-state index in [1.165, 1.54) is 6.92 Å². The highest BCUT2D eigenvalue weighted by Gasteiger charge is 2.29. The van der Waals surface area contributed by atoms with Crippen LogP contribution < -0.4 is 22.1 Å². The molecule has 13 heteroatoms. The molecule has 0 radical (unpaired) electrons. The zero-order valence-corrected chi connectivity index (χ0v) is 13.2. The number of urea groups is 1. The molecule has 25 heavy (non-hydrogen) atoms. The average molecular weight is 360 g/mol. The molecule has 0 aliphatic rings. The van der Waals surface area contributed by atoms with Gasteiger partial charge in [0.05, 0.1) is 25.2 Å². The van der Waals surface area contributed by atoms with Crippen molar-refractivity contribution in [3.63, 3.8) is 0 Å². The first kappa shape index (κ1) is 20.3. The van der Waals surface area contributed by atoms with Crippen molar-refractivity contribution in [2.45, 2.75) is 37.6 Å². The normalized spacial score (nSPS) is 15.7. The summed E-state index contributed by atoms with van der Waals surface area (Å²) in [5, 5.41) is 35.0. The molecule has 1 unspecified atom stereocenters. The molecule has 0 fully saturated rings. The Bertz CT molecular complexity index is 619. The number of hydrogen-bond donors (Lipinski definition) is 7. The third-order valence-corrected chi connectivity index (χ3v) is 3.03. The second-order valence-corrected chi connectivity index (χ2v) is 5.18. The molecule has 0 bridgehead atoms. The van der Waals surface area contributed by atoms with E-state index in [4.69, 9.17) is 26.2 Å². The van der Waals surface area contributed by atoms with Gasteiger partial charge in [0.2, 0.25) is 11.8 Å². The van der Waals surface area contributed by atoms with Crippen LogP contribution in [0.15, 0.2) is 4.52 Å². The lowest BCUT2D eigenvalue weighted by Gasteiger charge is -2.19. The molecule has 13 nitrogen and oxygen atoms in total. The molecular weight excluding hydrogens is 340 g/mol. The molecule has 1 aromatic heterocycles. The van der Waals surface area contributed by atoms with Crippen molar-refractivity contribution >= 4 is 17.9 Å². The van der Waals surface area contributed by atoms with Gasteiger partial charge in [0.25, 0.3) is 0 Å². The molecule has 1 heterocycles. The van der Waals surface area contributed by atoms with Gasteiger partial charge in [-0.05, 0) is 6.92 Å². The van der Waals surface area contributed by atoms with Crippen LogP contribution in [0, 0.1) is 0 Å². The predicted molar refractivity (Wildman–Crippen MR) is 79.6 cm³/mol. The number of nitrogens with two attached hydrogens (primary N) is 2. The fourth-order valence-corrected chi connectivity index (χ4v) is 1.75. The van der Waals surface area contributed by atoms with Gasteiger partial charge in [-0.1, -0.05) is 5.16 Å². The molecule has 1 aromatic rings. The molecular formula is C12H20N6O7. The first-order chi connectivity index (χ1) is 11.6. The fraction of sp³-hybridized carbons (Fsp3) is 0.583. The second-order valence-electron chi connectivity index (χ2n) is 5.18. The van der Waals surface area contributed by atoms with Gasteiger partial charge in [-0.15, -0.1) is 0 Å². The predicted octanol–water partition coefficient (Wildman–Crippen LogP) is -2.89. The van der Waals surface area contributed by atoms with Crippen LogP contribution >= 0.6 is 0 Å². The van der Waals surface area contributed by atoms with Gasteiger partial charge in [0, 0.05) is 0 Å². The largest absolute Gasteiger partial charge is 0.480 e. The first-order valence-corrected chi connectivity index (χ1v) is 7.11. The molecule has 0 saturated heterocycles. The zero-order chi connectivity index (χ0) is 19.1. The van der Waals surface area contributed by atoms with E-state index in [1.54, 1.807) is 0 Å². The Labute approximate surface area is 141 Å². The number of carbonyl (C=O) groups is 3. The van der Waals surface area contributed by atoms with E-state index in [2.05, 4.69) is 15.5 Å². The number of amides is 3. The topological polar surface area (TPSA) is 227 Å². The molecule has 0 aromatic carbocycles. The number of primary amides is 1. The zero-order valence-electron chi connectivity index (χ0n) is 13.2. The van der Waals surface area contributed by atoms with Gasteiger partial charge in [0.1, 0.15) is 6.04 Å². The quantitative estimate of drug-likeness (QED) is 0.238. The van der Waals surface area contributed by atoms with Crippen LogP contribution in [-0.4, -0.2) is 62.1 Å². The fourth-order valence-electron chi connectivity index (χ4n) is 1.75. The Morgan fingerprint density at radius 3 is 2.44 bits per heavy atom. The monoisotopic (exact) mass is 360 g/mol. The van der Waals surface area contributed by atoms with E-state index >= 15 is 0 Å². The summed E-state index contributed by atoms with van der Waals surface area (Å²) in [4.78, 5) is 37.9. The molecule has 3 amide bonds. The Balaban J connectivity index is 2.89. The van der Waals surface area contributed by atoms with Gasteiger partial charge in [-0.25, -0.2) is 9.59 Å². The van der Waals surface area contributed by atoms with Gasteiger partial charge >= 0.3 is 12.0 Å². The molecule has 4 atom stereocenters. The van der Waals surface area contributed by atoms with Crippen molar-refractivity contribution in [2.24, 2.45) is 11.5 Å². The van der Waals surface area contributed by atoms with E-state index in [0.717, 1.165) is 0 Å². The molecule has 0 aliphatic carbocycles. The lowest BCUT2D eigenvalue weighted by atomic mass is 10.2. The number of aliphatic carboxylic acids is 1. The van der Waals surface area contributed by atoms with Crippen LogP contribution in [0.25, 0.3) is 0 Å². The Hall–Kier alpha value is -2.77. The maximum Gasteiger partial charge on any atom is 0.328 e. The van der Waals surface area contributed by atoms with Gasteiger partial charge < -0.3 is 41.9 Å². The molecule has 1 rings (SSSR count). The first-order valence-electron chi connectivity index (χ1n) is 7.11. The Morgan fingerprint density at radius 1 is 1.32 bits per heavy atom. The number of aromatic nitrogens is 2. The van der Waals surface area contributed by atoms with Crippen molar-refractivity contribution in [2.75, 3.05) is 6.61 Å². The van der Waals surface area contributed by atoms with E-state index in [9.17, 15) is 19.5 Å². The number of nitrogens with zero attached hydrogens (tertiary/aromatic N) is 2. The summed E-state index contributed by atoms with van der Waals surface area (Å²) < 4.78 is 4.88. The SMILES string of the molecule is CC(O)[C@@H](NC(=O)N[C@H](CC(N)=O)c1nc([C@H](N)CO)no1)C(=O)O. The maximum absolute atomic E-state index is 11.9. The van der Waals surface area contributed by atoms with Crippen molar-refractivity contribution in [3.05, 3.63) is 11.7 Å². The molecule has 9 N–H and O–H groups in total. The summed E-state index contributed by atoms with van der Waals surface area (Å²) in [6.07, 6.45) is -1.79. The molecule has 0 saturated carbocycles. The highest BCUT2D eigenvalue weighted by atomic mass is 16.5. The summed E-state index contributed by atoms with van der Waals surface area (Å²) in [6.45, 7) is 0.725. The third-order valence-electron chi connectivity index (χ3n) is 3.03.